The highest BCUT2D eigenvalue weighted by Crippen LogP contribution is 2.31. The number of carbonyl (C=O) groups excluding carboxylic acids is 1. The van der Waals surface area contributed by atoms with Crippen LogP contribution in [0, 0.1) is 6.92 Å². The fraction of sp³-hybridized carbons (Fsp3) is 0.250. The summed E-state index contributed by atoms with van der Waals surface area (Å²) >= 11 is 0. The van der Waals surface area contributed by atoms with Gasteiger partial charge >= 0.3 is 0 Å². The Balaban J connectivity index is 1.66. The van der Waals surface area contributed by atoms with Gasteiger partial charge in [0.15, 0.2) is 11.5 Å². The standard InChI is InChI=1S/C16H15N5O3/c1-10-7-13-15(17-9-10)23-6-5-21(13)16(22)12-8-14(24-19-12)11-3-4-20(2)18-11/h3-4,7-9H,5-6H2,1-2H3. The van der Waals surface area contributed by atoms with Crippen LogP contribution in [0.4, 0.5) is 5.69 Å². The first kappa shape index (κ1) is 14.4. The molecule has 3 aromatic heterocycles. The molecule has 24 heavy (non-hydrogen) atoms. The first-order valence-electron chi connectivity index (χ1n) is 7.50. The maximum absolute atomic E-state index is 12.8. The highest BCUT2D eigenvalue weighted by Gasteiger charge is 2.28. The molecule has 3 aromatic rings. The van der Waals surface area contributed by atoms with Gasteiger partial charge in [0.2, 0.25) is 5.88 Å². The van der Waals surface area contributed by atoms with E-state index in [2.05, 4.69) is 15.2 Å². The third-order valence-corrected chi connectivity index (χ3v) is 3.75. The molecule has 1 aliphatic heterocycles. The fourth-order valence-corrected chi connectivity index (χ4v) is 2.59. The molecular formula is C16H15N5O3. The van der Waals surface area contributed by atoms with Crippen molar-refractivity contribution in [3.63, 3.8) is 0 Å². The van der Waals surface area contributed by atoms with Crippen LogP contribution in [-0.2, 0) is 7.05 Å². The molecule has 0 unspecified atom stereocenters. The van der Waals surface area contributed by atoms with Gasteiger partial charge in [-0.1, -0.05) is 5.16 Å². The van der Waals surface area contributed by atoms with Gasteiger partial charge in [0.1, 0.15) is 18.0 Å². The van der Waals surface area contributed by atoms with Gasteiger partial charge in [0.25, 0.3) is 5.91 Å². The lowest BCUT2D eigenvalue weighted by atomic mass is 10.2. The second kappa shape index (κ2) is 5.48. The van der Waals surface area contributed by atoms with E-state index in [1.807, 2.05) is 20.0 Å². The number of aryl methyl sites for hydroxylation is 2. The maximum Gasteiger partial charge on any atom is 0.280 e. The lowest BCUT2D eigenvalue weighted by Gasteiger charge is -2.28. The molecule has 8 nitrogen and oxygen atoms in total. The molecule has 0 N–H and O–H groups in total. The van der Waals surface area contributed by atoms with Crippen molar-refractivity contribution in [3.05, 3.63) is 41.9 Å². The highest BCUT2D eigenvalue weighted by molar-refractivity contribution is 6.06. The molecule has 1 amide bonds. The number of fused-ring (bicyclic) bond motifs is 1. The van der Waals surface area contributed by atoms with Gasteiger partial charge in [0, 0.05) is 25.5 Å². The Labute approximate surface area is 137 Å². The zero-order chi connectivity index (χ0) is 16.7. The summed E-state index contributed by atoms with van der Waals surface area (Å²) in [5.74, 6) is 0.654. The van der Waals surface area contributed by atoms with E-state index in [4.69, 9.17) is 9.26 Å². The Hall–Kier alpha value is -3.16. The van der Waals surface area contributed by atoms with Crippen molar-refractivity contribution >= 4 is 11.6 Å². The van der Waals surface area contributed by atoms with E-state index >= 15 is 0 Å². The highest BCUT2D eigenvalue weighted by atomic mass is 16.5. The van der Waals surface area contributed by atoms with Crippen LogP contribution in [0.3, 0.4) is 0 Å². The molecular weight excluding hydrogens is 310 g/mol. The summed E-state index contributed by atoms with van der Waals surface area (Å²) in [5, 5.41) is 8.14. The van der Waals surface area contributed by atoms with E-state index in [0.29, 0.717) is 36.2 Å². The van der Waals surface area contributed by atoms with Gasteiger partial charge < -0.3 is 9.26 Å². The second-order valence-electron chi connectivity index (χ2n) is 5.59. The van der Waals surface area contributed by atoms with Crippen LogP contribution in [0.1, 0.15) is 16.1 Å². The van der Waals surface area contributed by atoms with Crippen LogP contribution in [0.2, 0.25) is 0 Å². The first-order chi connectivity index (χ1) is 11.6. The van der Waals surface area contributed by atoms with E-state index in [0.717, 1.165) is 5.56 Å². The Morgan fingerprint density at radius 2 is 2.21 bits per heavy atom. The minimum atomic E-state index is -0.252. The SMILES string of the molecule is Cc1cnc2c(c1)N(C(=O)c1cc(-c3ccn(C)n3)on1)CCO2. The van der Waals surface area contributed by atoms with Crippen LogP contribution in [0.25, 0.3) is 11.5 Å². The Morgan fingerprint density at radius 1 is 1.33 bits per heavy atom. The van der Waals surface area contributed by atoms with Crippen molar-refractivity contribution < 1.29 is 14.1 Å². The number of pyridine rings is 1. The summed E-state index contributed by atoms with van der Waals surface area (Å²) in [4.78, 5) is 18.7. The van der Waals surface area contributed by atoms with Crippen molar-refractivity contribution in [2.24, 2.45) is 7.05 Å². The lowest BCUT2D eigenvalue weighted by Crippen LogP contribution is -2.38. The molecule has 0 radical (unpaired) electrons. The van der Waals surface area contributed by atoms with E-state index in [-0.39, 0.29) is 11.6 Å². The quantitative estimate of drug-likeness (QED) is 0.714. The predicted octanol–water partition coefficient (Wildman–Crippen LogP) is 1.82. The normalized spacial score (nSPS) is 13.5. The number of amides is 1. The van der Waals surface area contributed by atoms with E-state index in [9.17, 15) is 4.79 Å². The summed E-state index contributed by atoms with van der Waals surface area (Å²) in [5.41, 5.74) is 2.45. The summed E-state index contributed by atoms with van der Waals surface area (Å²) in [7, 11) is 1.81. The average molecular weight is 325 g/mol. The van der Waals surface area contributed by atoms with Gasteiger partial charge in [0.05, 0.1) is 6.54 Å². The van der Waals surface area contributed by atoms with Gasteiger partial charge in [-0.25, -0.2) is 4.98 Å². The van der Waals surface area contributed by atoms with Crippen LogP contribution < -0.4 is 9.64 Å². The summed E-state index contributed by atoms with van der Waals surface area (Å²) < 4.78 is 12.4. The Morgan fingerprint density at radius 3 is 3.00 bits per heavy atom. The summed E-state index contributed by atoms with van der Waals surface area (Å²) in [6.45, 7) is 2.74. The summed E-state index contributed by atoms with van der Waals surface area (Å²) in [6, 6.07) is 5.27. The van der Waals surface area contributed by atoms with Crippen molar-refractivity contribution in [2.45, 2.75) is 6.92 Å². The third-order valence-electron chi connectivity index (χ3n) is 3.75. The van der Waals surface area contributed by atoms with E-state index < -0.39 is 0 Å². The van der Waals surface area contributed by atoms with Gasteiger partial charge in [-0.05, 0) is 24.6 Å². The molecule has 0 fully saturated rings. The predicted molar refractivity (Wildman–Crippen MR) is 84.9 cm³/mol. The molecule has 0 spiro atoms. The number of rotatable bonds is 2. The molecule has 0 saturated heterocycles. The van der Waals surface area contributed by atoms with Crippen LogP contribution in [-0.4, -0.2) is 39.0 Å². The van der Waals surface area contributed by atoms with Gasteiger partial charge in [-0.2, -0.15) is 5.10 Å². The first-order valence-corrected chi connectivity index (χ1v) is 7.50. The molecule has 0 aliphatic carbocycles. The number of hydrogen-bond acceptors (Lipinski definition) is 6. The zero-order valence-corrected chi connectivity index (χ0v) is 13.3. The molecule has 4 rings (SSSR count). The van der Waals surface area contributed by atoms with Crippen LogP contribution in [0.15, 0.2) is 35.1 Å². The van der Waals surface area contributed by atoms with Crippen LogP contribution in [0.5, 0.6) is 5.88 Å². The minimum Gasteiger partial charge on any atom is -0.474 e. The molecule has 4 heterocycles. The maximum atomic E-state index is 12.8. The topological polar surface area (TPSA) is 86.3 Å². The van der Waals surface area contributed by atoms with Crippen molar-refractivity contribution in [2.75, 3.05) is 18.1 Å². The van der Waals surface area contributed by atoms with Crippen LogP contribution >= 0.6 is 0 Å². The number of aromatic nitrogens is 4. The van der Waals surface area contributed by atoms with Crippen molar-refractivity contribution in [1.82, 2.24) is 19.9 Å². The molecule has 122 valence electrons. The largest absolute Gasteiger partial charge is 0.474 e. The monoisotopic (exact) mass is 325 g/mol. The number of hydrogen-bond donors (Lipinski definition) is 0. The lowest BCUT2D eigenvalue weighted by molar-refractivity contribution is 0.0967. The van der Waals surface area contributed by atoms with E-state index in [1.54, 1.807) is 34.1 Å². The van der Waals surface area contributed by atoms with Crippen molar-refractivity contribution in [3.8, 4) is 17.3 Å². The average Bonchev–Trinajstić information content (AvgIpc) is 3.22. The van der Waals surface area contributed by atoms with E-state index in [1.165, 1.54) is 0 Å². The number of ether oxygens (including phenoxy) is 1. The number of carbonyl (C=O) groups is 1. The Kier molecular flexibility index (Phi) is 3.30. The molecule has 0 bridgehead atoms. The van der Waals surface area contributed by atoms with Gasteiger partial charge in [-0.15, -0.1) is 0 Å². The molecule has 0 atom stereocenters. The number of anilines is 1. The second-order valence-corrected chi connectivity index (χ2v) is 5.59. The Bertz CT molecular complexity index is 914. The third kappa shape index (κ3) is 2.41. The molecule has 8 heteroatoms. The van der Waals surface area contributed by atoms with Crippen molar-refractivity contribution in [1.29, 1.82) is 0 Å². The minimum absolute atomic E-state index is 0.227. The number of nitrogens with zero attached hydrogens (tertiary/aromatic N) is 5. The molecule has 0 saturated carbocycles. The summed E-state index contributed by atoms with van der Waals surface area (Å²) in [6.07, 6.45) is 3.51. The smallest absolute Gasteiger partial charge is 0.280 e. The zero-order valence-electron chi connectivity index (χ0n) is 13.3. The molecule has 1 aliphatic rings. The van der Waals surface area contributed by atoms with Gasteiger partial charge in [-0.3, -0.25) is 14.4 Å². The molecule has 0 aromatic carbocycles. The fourth-order valence-electron chi connectivity index (χ4n) is 2.59.